The fourth-order valence-corrected chi connectivity index (χ4v) is 3.38. The van der Waals surface area contributed by atoms with Crippen LogP contribution in [-0.2, 0) is 13.5 Å². The van der Waals surface area contributed by atoms with Crippen molar-refractivity contribution < 1.29 is 0 Å². The lowest BCUT2D eigenvalue weighted by Crippen LogP contribution is -2.40. The number of nitrogens with one attached hydrogen (secondary N) is 1. The van der Waals surface area contributed by atoms with Crippen molar-refractivity contribution in [2.75, 3.05) is 23.3 Å². The van der Waals surface area contributed by atoms with Crippen molar-refractivity contribution in [3.63, 3.8) is 0 Å². The van der Waals surface area contributed by atoms with Crippen LogP contribution in [-0.4, -0.2) is 44.1 Å². The molecule has 0 fully saturated rings. The maximum Gasteiger partial charge on any atom is 0.183 e. The first-order valence-electron chi connectivity index (χ1n) is 8.33. The quantitative estimate of drug-likeness (QED) is 0.792. The Balaban J connectivity index is 1.49. The molecule has 1 atom stereocenters. The van der Waals surface area contributed by atoms with Crippen LogP contribution in [0.5, 0.6) is 0 Å². The molecule has 0 saturated heterocycles. The average molecular weight is 323 g/mol. The van der Waals surface area contributed by atoms with Gasteiger partial charge in [-0.1, -0.05) is 23.4 Å². The number of fused-ring (bicyclic) bond motifs is 2. The predicted molar refractivity (Wildman–Crippen MR) is 94.2 cm³/mol. The Bertz CT molecular complexity index is 857. The van der Waals surface area contributed by atoms with Gasteiger partial charge in [0.1, 0.15) is 6.33 Å². The minimum atomic E-state index is 0.545. The highest BCUT2D eigenvalue weighted by Gasteiger charge is 2.22. The summed E-state index contributed by atoms with van der Waals surface area (Å²) in [5.41, 5.74) is 4.25. The van der Waals surface area contributed by atoms with E-state index in [4.69, 9.17) is 0 Å². The van der Waals surface area contributed by atoms with E-state index >= 15 is 0 Å². The first kappa shape index (κ1) is 14.9. The van der Waals surface area contributed by atoms with Gasteiger partial charge >= 0.3 is 0 Å². The van der Waals surface area contributed by atoms with Crippen molar-refractivity contribution in [3.8, 4) is 0 Å². The number of aromatic nitrogens is 5. The molecule has 3 heterocycles. The van der Waals surface area contributed by atoms with Gasteiger partial charge in [-0.05, 0) is 31.4 Å². The van der Waals surface area contributed by atoms with E-state index in [0.29, 0.717) is 11.6 Å². The highest BCUT2D eigenvalue weighted by atomic mass is 15.4. The largest absolute Gasteiger partial charge is 0.367 e. The topological polar surface area (TPSA) is 71.8 Å². The standard InChI is InChI=1S/C17H21N7/c1-12-7-8-13-5-3-4-6-14(13)24(12)10-9-18-16-15-17(20-11-19-16)23(2)22-21-15/h3-6,11-12H,7-10H2,1-2H3,(H,18,19,20). The van der Waals surface area contributed by atoms with E-state index < -0.39 is 0 Å². The van der Waals surface area contributed by atoms with Gasteiger partial charge in [0.2, 0.25) is 0 Å². The molecule has 0 radical (unpaired) electrons. The fourth-order valence-electron chi connectivity index (χ4n) is 3.38. The number of aryl methyl sites for hydroxylation is 2. The normalized spacial score (nSPS) is 17.1. The molecule has 2 aromatic heterocycles. The van der Waals surface area contributed by atoms with Crippen LogP contribution in [0.15, 0.2) is 30.6 Å². The first-order chi connectivity index (χ1) is 11.7. The molecule has 1 aliphatic heterocycles. The summed E-state index contributed by atoms with van der Waals surface area (Å²) in [4.78, 5) is 11.0. The molecule has 0 saturated carbocycles. The summed E-state index contributed by atoms with van der Waals surface area (Å²) < 4.78 is 1.66. The van der Waals surface area contributed by atoms with Crippen molar-refractivity contribution >= 4 is 22.7 Å². The van der Waals surface area contributed by atoms with E-state index in [0.717, 1.165) is 31.0 Å². The predicted octanol–water partition coefficient (Wildman–Crippen LogP) is 2.01. The second-order valence-electron chi connectivity index (χ2n) is 6.24. The number of anilines is 2. The van der Waals surface area contributed by atoms with Crippen molar-refractivity contribution in [3.05, 3.63) is 36.2 Å². The van der Waals surface area contributed by atoms with E-state index in [1.54, 1.807) is 11.0 Å². The summed E-state index contributed by atoms with van der Waals surface area (Å²) in [5.74, 6) is 0.742. The lowest BCUT2D eigenvalue weighted by Gasteiger charge is -2.37. The molecule has 4 rings (SSSR count). The maximum absolute atomic E-state index is 4.31. The third-order valence-corrected chi connectivity index (χ3v) is 4.70. The molecule has 0 aliphatic carbocycles. The number of hydrogen-bond acceptors (Lipinski definition) is 6. The van der Waals surface area contributed by atoms with Crippen LogP contribution in [0.3, 0.4) is 0 Å². The summed E-state index contributed by atoms with van der Waals surface area (Å²) in [6, 6.07) is 9.23. The Morgan fingerprint density at radius 1 is 1.25 bits per heavy atom. The third kappa shape index (κ3) is 2.55. The van der Waals surface area contributed by atoms with Crippen LogP contribution < -0.4 is 10.2 Å². The first-order valence-corrected chi connectivity index (χ1v) is 8.33. The van der Waals surface area contributed by atoms with Gasteiger partial charge in [-0.25, -0.2) is 14.6 Å². The van der Waals surface area contributed by atoms with Gasteiger partial charge in [-0.2, -0.15) is 0 Å². The molecule has 124 valence electrons. The van der Waals surface area contributed by atoms with Crippen molar-refractivity contribution in [1.82, 2.24) is 25.0 Å². The maximum atomic E-state index is 4.31. The van der Waals surface area contributed by atoms with Gasteiger partial charge in [-0.3, -0.25) is 0 Å². The molecule has 7 heteroatoms. The highest BCUT2D eigenvalue weighted by Crippen LogP contribution is 2.30. The molecule has 0 amide bonds. The van der Waals surface area contributed by atoms with Gasteiger partial charge in [0, 0.05) is 31.9 Å². The van der Waals surface area contributed by atoms with Gasteiger partial charge in [0.05, 0.1) is 0 Å². The number of nitrogens with zero attached hydrogens (tertiary/aromatic N) is 6. The van der Waals surface area contributed by atoms with Crippen LogP contribution in [0.2, 0.25) is 0 Å². The van der Waals surface area contributed by atoms with Gasteiger partial charge < -0.3 is 10.2 Å². The molecular weight excluding hydrogens is 302 g/mol. The highest BCUT2D eigenvalue weighted by molar-refractivity contribution is 5.81. The van der Waals surface area contributed by atoms with Gasteiger partial charge in [-0.15, -0.1) is 5.10 Å². The Labute approximate surface area is 140 Å². The van der Waals surface area contributed by atoms with Crippen molar-refractivity contribution in [1.29, 1.82) is 0 Å². The van der Waals surface area contributed by atoms with E-state index in [9.17, 15) is 0 Å². The fraction of sp³-hybridized carbons (Fsp3) is 0.412. The summed E-state index contributed by atoms with van der Waals surface area (Å²) >= 11 is 0. The smallest absolute Gasteiger partial charge is 0.183 e. The number of hydrogen-bond donors (Lipinski definition) is 1. The minimum absolute atomic E-state index is 0.545. The zero-order chi connectivity index (χ0) is 16.5. The summed E-state index contributed by atoms with van der Waals surface area (Å²) in [5, 5.41) is 11.5. The van der Waals surface area contributed by atoms with E-state index in [1.807, 2.05) is 7.05 Å². The van der Waals surface area contributed by atoms with Crippen molar-refractivity contribution in [2.45, 2.75) is 25.8 Å². The molecule has 24 heavy (non-hydrogen) atoms. The van der Waals surface area contributed by atoms with Gasteiger partial charge in [0.15, 0.2) is 17.0 Å². The van der Waals surface area contributed by atoms with E-state index in [1.165, 1.54) is 17.7 Å². The lowest BCUT2D eigenvalue weighted by atomic mass is 9.97. The minimum Gasteiger partial charge on any atom is -0.367 e. The lowest BCUT2D eigenvalue weighted by molar-refractivity contribution is 0.567. The Morgan fingerprint density at radius 2 is 2.12 bits per heavy atom. The van der Waals surface area contributed by atoms with Crippen LogP contribution in [0.25, 0.3) is 11.2 Å². The van der Waals surface area contributed by atoms with Crippen LogP contribution in [0, 0.1) is 0 Å². The summed E-state index contributed by atoms with van der Waals surface area (Å²) in [6.07, 6.45) is 3.90. The van der Waals surface area contributed by atoms with Gasteiger partial charge in [0.25, 0.3) is 0 Å². The zero-order valence-corrected chi connectivity index (χ0v) is 14.0. The molecule has 1 aliphatic rings. The molecule has 1 N–H and O–H groups in total. The molecule has 1 aromatic carbocycles. The SMILES string of the molecule is CC1CCc2ccccc2N1CCNc1ncnc2c1nnn2C. The van der Waals surface area contributed by atoms with Crippen LogP contribution in [0.4, 0.5) is 11.5 Å². The van der Waals surface area contributed by atoms with Crippen molar-refractivity contribution in [2.24, 2.45) is 7.05 Å². The number of benzene rings is 1. The third-order valence-electron chi connectivity index (χ3n) is 4.70. The number of rotatable bonds is 4. The molecule has 0 bridgehead atoms. The van der Waals surface area contributed by atoms with E-state index in [-0.39, 0.29) is 0 Å². The molecule has 7 nitrogen and oxygen atoms in total. The second kappa shape index (κ2) is 6.07. The Hall–Kier alpha value is -2.70. The Kier molecular flexibility index (Phi) is 3.76. The Morgan fingerprint density at radius 3 is 3.04 bits per heavy atom. The number of para-hydroxylation sites is 1. The van der Waals surface area contributed by atoms with Crippen LogP contribution >= 0.6 is 0 Å². The van der Waals surface area contributed by atoms with Crippen LogP contribution in [0.1, 0.15) is 18.9 Å². The summed E-state index contributed by atoms with van der Waals surface area (Å²) in [6.45, 7) is 4.01. The zero-order valence-electron chi connectivity index (χ0n) is 14.0. The average Bonchev–Trinajstić information content (AvgIpc) is 2.99. The monoisotopic (exact) mass is 323 g/mol. The molecule has 3 aromatic rings. The molecular formula is C17H21N7. The van der Waals surface area contributed by atoms with E-state index in [2.05, 4.69) is 61.7 Å². The molecule has 0 spiro atoms. The summed E-state index contributed by atoms with van der Waals surface area (Å²) in [7, 11) is 1.83. The molecule has 1 unspecified atom stereocenters. The second-order valence-corrected chi connectivity index (χ2v) is 6.24.